The number of carbonyl (C=O) groups excluding carboxylic acids is 1. The fourth-order valence-electron chi connectivity index (χ4n) is 2.15. The van der Waals surface area contributed by atoms with Crippen LogP contribution in [0.2, 0.25) is 0 Å². The smallest absolute Gasteiger partial charge is 0.414 e. The van der Waals surface area contributed by atoms with E-state index in [1.165, 1.54) is 11.0 Å². The Morgan fingerprint density at radius 3 is 2.65 bits per heavy atom. The van der Waals surface area contributed by atoms with Gasteiger partial charge in [-0.3, -0.25) is 4.90 Å². The summed E-state index contributed by atoms with van der Waals surface area (Å²) < 4.78 is 19.1. The SMILES string of the molecule is CC(C)(C)OC(=O)N1C=C(c2ccccc2F)CCC1. The predicted molar refractivity (Wildman–Crippen MR) is 76.6 cm³/mol. The van der Waals surface area contributed by atoms with Gasteiger partial charge in [-0.1, -0.05) is 18.2 Å². The zero-order valence-corrected chi connectivity index (χ0v) is 12.1. The maximum Gasteiger partial charge on any atom is 0.414 e. The Hall–Kier alpha value is -1.84. The molecule has 4 heteroatoms. The number of rotatable bonds is 1. The van der Waals surface area contributed by atoms with Crippen molar-refractivity contribution in [3.63, 3.8) is 0 Å². The summed E-state index contributed by atoms with van der Waals surface area (Å²) in [5, 5.41) is 0. The first-order valence-electron chi connectivity index (χ1n) is 6.82. The molecule has 20 heavy (non-hydrogen) atoms. The van der Waals surface area contributed by atoms with E-state index in [9.17, 15) is 9.18 Å². The summed E-state index contributed by atoms with van der Waals surface area (Å²) in [5.41, 5.74) is 0.863. The highest BCUT2D eigenvalue weighted by Gasteiger charge is 2.24. The van der Waals surface area contributed by atoms with E-state index in [2.05, 4.69) is 0 Å². The van der Waals surface area contributed by atoms with Crippen LogP contribution in [-0.4, -0.2) is 23.1 Å². The van der Waals surface area contributed by atoms with E-state index in [-0.39, 0.29) is 11.9 Å². The van der Waals surface area contributed by atoms with Crippen LogP contribution in [0.15, 0.2) is 30.5 Å². The standard InChI is InChI=1S/C16H20FNO2/c1-16(2,3)20-15(19)18-10-6-7-12(11-18)13-8-4-5-9-14(13)17/h4-5,8-9,11H,6-7,10H2,1-3H3. The summed E-state index contributed by atoms with van der Waals surface area (Å²) in [7, 11) is 0. The normalized spacial score (nSPS) is 15.8. The van der Waals surface area contributed by atoms with Gasteiger partial charge >= 0.3 is 6.09 Å². The molecule has 3 nitrogen and oxygen atoms in total. The molecule has 0 saturated heterocycles. The lowest BCUT2D eigenvalue weighted by Crippen LogP contribution is -2.35. The molecule has 1 aromatic rings. The first-order chi connectivity index (χ1) is 9.37. The van der Waals surface area contributed by atoms with Crippen molar-refractivity contribution >= 4 is 11.7 Å². The molecule has 0 aromatic heterocycles. The Kier molecular flexibility index (Phi) is 4.12. The van der Waals surface area contributed by atoms with Crippen LogP contribution in [0.25, 0.3) is 5.57 Å². The van der Waals surface area contributed by atoms with E-state index in [1.54, 1.807) is 24.4 Å². The molecule has 0 spiro atoms. The van der Waals surface area contributed by atoms with Gasteiger partial charge in [-0.15, -0.1) is 0 Å². The summed E-state index contributed by atoms with van der Waals surface area (Å²) in [6, 6.07) is 6.63. The van der Waals surface area contributed by atoms with Gasteiger partial charge in [0.1, 0.15) is 11.4 Å². The number of allylic oxidation sites excluding steroid dienone is 1. The molecular formula is C16H20FNO2. The number of ether oxygens (including phenoxy) is 1. The van der Waals surface area contributed by atoms with Crippen molar-refractivity contribution in [3.05, 3.63) is 41.8 Å². The molecule has 2 rings (SSSR count). The second-order valence-corrected chi connectivity index (χ2v) is 5.91. The van der Waals surface area contributed by atoms with Crippen LogP contribution >= 0.6 is 0 Å². The maximum atomic E-state index is 13.8. The lowest BCUT2D eigenvalue weighted by atomic mass is 9.99. The largest absolute Gasteiger partial charge is 0.443 e. The van der Waals surface area contributed by atoms with Gasteiger partial charge in [-0.2, -0.15) is 0 Å². The molecule has 0 saturated carbocycles. The van der Waals surface area contributed by atoms with Crippen molar-refractivity contribution in [2.45, 2.75) is 39.2 Å². The molecule has 0 fully saturated rings. The Bertz CT molecular complexity index is 532. The zero-order valence-electron chi connectivity index (χ0n) is 12.1. The van der Waals surface area contributed by atoms with E-state index >= 15 is 0 Å². The van der Waals surface area contributed by atoms with Crippen molar-refractivity contribution in [3.8, 4) is 0 Å². The second-order valence-electron chi connectivity index (χ2n) is 5.91. The Balaban J connectivity index is 2.20. The number of halogens is 1. The second kappa shape index (κ2) is 5.65. The third-order valence-electron chi connectivity index (χ3n) is 3.00. The maximum absolute atomic E-state index is 13.8. The third kappa shape index (κ3) is 3.59. The van der Waals surface area contributed by atoms with Crippen LogP contribution in [0.4, 0.5) is 9.18 Å². The first kappa shape index (κ1) is 14.6. The van der Waals surface area contributed by atoms with Gasteiger partial charge in [0.15, 0.2) is 0 Å². The molecule has 1 aliphatic rings. The van der Waals surface area contributed by atoms with Gasteiger partial charge in [-0.05, 0) is 45.3 Å². The number of hydrogen-bond acceptors (Lipinski definition) is 2. The molecule has 1 aromatic carbocycles. The minimum absolute atomic E-state index is 0.259. The van der Waals surface area contributed by atoms with E-state index in [0.717, 1.165) is 18.4 Å². The molecule has 1 aliphatic heterocycles. The van der Waals surface area contributed by atoms with E-state index in [4.69, 9.17) is 4.74 Å². The number of benzene rings is 1. The quantitative estimate of drug-likeness (QED) is 0.770. The van der Waals surface area contributed by atoms with E-state index in [0.29, 0.717) is 12.1 Å². The molecule has 0 radical (unpaired) electrons. The molecule has 1 amide bonds. The minimum Gasteiger partial charge on any atom is -0.443 e. The van der Waals surface area contributed by atoms with E-state index in [1.807, 2.05) is 20.8 Å². The van der Waals surface area contributed by atoms with Crippen molar-refractivity contribution < 1.29 is 13.9 Å². The van der Waals surface area contributed by atoms with Gasteiger partial charge < -0.3 is 4.74 Å². The number of amides is 1. The highest BCUT2D eigenvalue weighted by molar-refractivity contribution is 5.75. The first-order valence-corrected chi connectivity index (χ1v) is 6.82. The van der Waals surface area contributed by atoms with Crippen LogP contribution in [0.5, 0.6) is 0 Å². The van der Waals surface area contributed by atoms with E-state index < -0.39 is 5.60 Å². The zero-order chi connectivity index (χ0) is 14.8. The molecule has 0 N–H and O–H groups in total. The summed E-state index contributed by atoms with van der Waals surface area (Å²) >= 11 is 0. The number of hydrogen-bond donors (Lipinski definition) is 0. The number of nitrogens with zero attached hydrogens (tertiary/aromatic N) is 1. The van der Waals surface area contributed by atoms with Gasteiger partial charge in [0, 0.05) is 18.3 Å². The Morgan fingerprint density at radius 1 is 1.30 bits per heavy atom. The van der Waals surface area contributed by atoms with Crippen LogP contribution in [-0.2, 0) is 4.74 Å². The van der Waals surface area contributed by atoms with Crippen LogP contribution in [0.3, 0.4) is 0 Å². The summed E-state index contributed by atoms with van der Waals surface area (Å²) in [6.07, 6.45) is 2.89. The van der Waals surface area contributed by atoms with Gasteiger partial charge in [0.25, 0.3) is 0 Å². The van der Waals surface area contributed by atoms with Crippen LogP contribution < -0.4 is 0 Å². The Morgan fingerprint density at radius 2 is 2.00 bits per heavy atom. The van der Waals surface area contributed by atoms with Gasteiger partial charge in [-0.25, -0.2) is 9.18 Å². The molecule has 0 bridgehead atoms. The molecule has 0 unspecified atom stereocenters. The topological polar surface area (TPSA) is 29.5 Å². The van der Waals surface area contributed by atoms with Crippen molar-refractivity contribution in [1.82, 2.24) is 4.90 Å². The van der Waals surface area contributed by atoms with Crippen molar-refractivity contribution in [2.75, 3.05) is 6.54 Å². The van der Waals surface area contributed by atoms with Crippen LogP contribution in [0, 0.1) is 5.82 Å². The van der Waals surface area contributed by atoms with Gasteiger partial charge in [0.05, 0.1) is 0 Å². The van der Waals surface area contributed by atoms with Gasteiger partial charge in [0.2, 0.25) is 0 Å². The summed E-state index contributed by atoms with van der Waals surface area (Å²) in [6.45, 7) is 6.09. The summed E-state index contributed by atoms with van der Waals surface area (Å²) in [4.78, 5) is 13.6. The predicted octanol–water partition coefficient (Wildman–Crippen LogP) is 4.20. The lowest BCUT2D eigenvalue weighted by Gasteiger charge is -2.28. The highest BCUT2D eigenvalue weighted by Crippen LogP contribution is 2.27. The Labute approximate surface area is 119 Å². The molecule has 1 heterocycles. The molecule has 108 valence electrons. The average molecular weight is 277 g/mol. The number of carbonyl (C=O) groups is 1. The van der Waals surface area contributed by atoms with Crippen molar-refractivity contribution in [1.29, 1.82) is 0 Å². The lowest BCUT2D eigenvalue weighted by molar-refractivity contribution is 0.0329. The third-order valence-corrected chi connectivity index (χ3v) is 3.00. The molecular weight excluding hydrogens is 257 g/mol. The highest BCUT2D eigenvalue weighted by atomic mass is 19.1. The summed E-state index contributed by atoms with van der Waals surface area (Å²) in [5.74, 6) is -0.259. The fourth-order valence-corrected chi connectivity index (χ4v) is 2.15. The molecule has 0 aliphatic carbocycles. The average Bonchev–Trinajstić information content (AvgIpc) is 2.37. The van der Waals surface area contributed by atoms with Crippen molar-refractivity contribution in [2.24, 2.45) is 0 Å². The van der Waals surface area contributed by atoms with Crippen LogP contribution in [0.1, 0.15) is 39.2 Å². The fraction of sp³-hybridized carbons (Fsp3) is 0.438. The minimum atomic E-state index is -0.527. The monoisotopic (exact) mass is 277 g/mol. The molecule has 0 atom stereocenters.